The number of halogens is 2. The second-order valence-electron chi connectivity index (χ2n) is 9.05. The van der Waals surface area contributed by atoms with E-state index in [-0.39, 0.29) is 35.5 Å². The van der Waals surface area contributed by atoms with E-state index in [2.05, 4.69) is 5.32 Å². The molecule has 0 aromatic heterocycles. The van der Waals surface area contributed by atoms with Crippen LogP contribution in [-0.4, -0.2) is 61.0 Å². The normalized spacial score (nSPS) is 20.9. The third-order valence-corrected chi connectivity index (χ3v) is 6.87. The molecule has 34 heavy (non-hydrogen) atoms. The minimum Gasteiger partial charge on any atom is -0.366 e. The van der Waals surface area contributed by atoms with Gasteiger partial charge in [-0.3, -0.25) is 4.79 Å². The highest BCUT2D eigenvalue weighted by atomic mass is 19.1. The van der Waals surface area contributed by atoms with Crippen LogP contribution < -0.4 is 10.2 Å². The highest BCUT2D eigenvalue weighted by Gasteiger charge is 2.38. The number of urea groups is 1. The lowest BCUT2D eigenvalue weighted by Crippen LogP contribution is -2.54. The van der Waals surface area contributed by atoms with Gasteiger partial charge in [-0.15, -0.1) is 0 Å². The first-order chi connectivity index (χ1) is 16.4. The van der Waals surface area contributed by atoms with Crippen molar-refractivity contribution in [2.45, 2.75) is 32.7 Å². The summed E-state index contributed by atoms with van der Waals surface area (Å²) < 4.78 is 27.9. The second kappa shape index (κ2) is 10.4. The Morgan fingerprint density at radius 2 is 1.74 bits per heavy atom. The van der Waals surface area contributed by atoms with Crippen LogP contribution in [-0.2, 0) is 4.79 Å². The van der Waals surface area contributed by atoms with Gasteiger partial charge in [0.1, 0.15) is 11.6 Å². The standard InChI is InChI=1S/C26H32F2N4O2/c1-3-29-26(34)32-17-20(9-11-23(32)19-8-10-21(27)18(2)16-19)25(33)31-14-12-30(13-15-31)24-7-5-4-6-22(24)28/h4-8,10,16,20,23H,3,9,11-15,17H2,1-2H3,(H,29,34)/t20-,23+/m1/s1. The Kier molecular flexibility index (Phi) is 7.34. The fraction of sp³-hybridized carbons (Fsp3) is 0.462. The first kappa shape index (κ1) is 24.0. The van der Waals surface area contributed by atoms with E-state index in [1.54, 1.807) is 36.1 Å². The zero-order chi connectivity index (χ0) is 24.2. The van der Waals surface area contributed by atoms with Gasteiger partial charge in [0.25, 0.3) is 0 Å². The lowest BCUT2D eigenvalue weighted by molar-refractivity contribution is -0.137. The van der Waals surface area contributed by atoms with Crippen LogP contribution in [0.4, 0.5) is 19.3 Å². The molecule has 182 valence electrons. The molecular formula is C26H32F2N4O2. The molecular weight excluding hydrogens is 438 g/mol. The number of likely N-dealkylation sites (tertiary alicyclic amines) is 1. The summed E-state index contributed by atoms with van der Waals surface area (Å²) >= 11 is 0. The van der Waals surface area contributed by atoms with Crippen molar-refractivity contribution < 1.29 is 18.4 Å². The minimum absolute atomic E-state index is 0.0382. The SMILES string of the molecule is CCNC(=O)N1C[C@H](C(=O)N2CCN(c3ccccc3F)CC2)CC[C@H]1c1ccc(F)c(C)c1. The number of aryl methyl sites for hydroxylation is 1. The Morgan fingerprint density at radius 1 is 1.00 bits per heavy atom. The van der Waals surface area contributed by atoms with E-state index in [0.717, 1.165) is 5.56 Å². The van der Waals surface area contributed by atoms with Gasteiger partial charge < -0.3 is 20.0 Å². The number of hydrogen-bond acceptors (Lipinski definition) is 3. The summed E-state index contributed by atoms with van der Waals surface area (Å²) in [6.07, 6.45) is 1.29. The number of para-hydroxylation sites is 1. The maximum absolute atomic E-state index is 14.1. The van der Waals surface area contributed by atoms with Gasteiger partial charge in [0.2, 0.25) is 5.91 Å². The van der Waals surface area contributed by atoms with Crippen LogP contribution in [0.5, 0.6) is 0 Å². The number of amides is 3. The average molecular weight is 471 g/mol. The molecule has 8 heteroatoms. The first-order valence-corrected chi connectivity index (χ1v) is 12.0. The van der Waals surface area contributed by atoms with Gasteiger partial charge in [-0.25, -0.2) is 13.6 Å². The Balaban J connectivity index is 1.43. The summed E-state index contributed by atoms with van der Waals surface area (Å²) in [5.41, 5.74) is 1.99. The summed E-state index contributed by atoms with van der Waals surface area (Å²) in [6.45, 7) is 6.55. The number of carbonyl (C=O) groups excluding carboxylic acids is 2. The van der Waals surface area contributed by atoms with E-state index in [1.807, 2.05) is 22.8 Å². The van der Waals surface area contributed by atoms with Gasteiger partial charge in [0.05, 0.1) is 17.6 Å². The quantitative estimate of drug-likeness (QED) is 0.732. The number of anilines is 1. The van der Waals surface area contributed by atoms with Crippen molar-refractivity contribution in [3.63, 3.8) is 0 Å². The molecule has 0 spiro atoms. The van der Waals surface area contributed by atoms with Crippen LogP contribution >= 0.6 is 0 Å². The Morgan fingerprint density at radius 3 is 2.41 bits per heavy atom. The molecule has 2 atom stereocenters. The summed E-state index contributed by atoms with van der Waals surface area (Å²) in [4.78, 5) is 31.8. The average Bonchev–Trinajstić information content (AvgIpc) is 2.85. The van der Waals surface area contributed by atoms with Crippen LogP contribution in [0.2, 0.25) is 0 Å². The molecule has 0 unspecified atom stereocenters. The van der Waals surface area contributed by atoms with E-state index in [1.165, 1.54) is 12.1 Å². The van der Waals surface area contributed by atoms with Gasteiger partial charge in [-0.2, -0.15) is 0 Å². The largest absolute Gasteiger partial charge is 0.366 e. The molecule has 2 aromatic carbocycles. The molecule has 2 aliphatic rings. The molecule has 0 bridgehead atoms. The van der Waals surface area contributed by atoms with Crippen molar-refractivity contribution in [2.24, 2.45) is 5.92 Å². The first-order valence-electron chi connectivity index (χ1n) is 12.0. The summed E-state index contributed by atoms with van der Waals surface area (Å²) in [6, 6.07) is 11.2. The molecule has 2 heterocycles. The molecule has 3 amide bonds. The highest BCUT2D eigenvalue weighted by Crippen LogP contribution is 2.35. The lowest BCUT2D eigenvalue weighted by atomic mass is 9.87. The summed E-state index contributed by atoms with van der Waals surface area (Å²) in [5, 5.41) is 2.86. The maximum Gasteiger partial charge on any atom is 0.317 e. The summed E-state index contributed by atoms with van der Waals surface area (Å²) in [7, 11) is 0. The van der Waals surface area contributed by atoms with Crippen molar-refractivity contribution in [2.75, 3.05) is 44.2 Å². The van der Waals surface area contributed by atoms with Crippen LogP contribution in [0.15, 0.2) is 42.5 Å². The number of carbonyl (C=O) groups is 2. The third-order valence-electron chi connectivity index (χ3n) is 6.87. The molecule has 2 aliphatic heterocycles. The molecule has 4 rings (SSSR count). The number of hydrogen-bond donors (Lipinski definition) is 1. The van der Waals surface area contributed by atoms with E-state index in [9.17, 15) is 18.4 Å². The number of piperidine rings is 1. The highest BCUT2D eigenvalue weighted by molar-refractivity contribution is 5.81. The van der Waals surface area contributed by atoms with Crippen LogP contribution in [0, 0.1) is 24.5 Å². The third kappa shape index (κ3) is 5.00. The number of nitrogens with one attached hydrogen (secondary N) is 1. The lowest BCUT2D eigenvalue weighted by Gasteiger charge is -2.42. The van der Waals surface area contributed by atoms with Gasteiger partial charge in [-0.1, -0.05) is 24.3 Å². The predicted octanol–water partition coefficient (Wildman–Crippen LogP) is 4.10. The van der Waals surface area contributed by atoms with Crippen LogP contribution in [0.1, 0.15) is 36.9 Å². The minimum atomic E-state index is -0.291. The fourth-order valence-electron chi connectivity index (χ4n) is 5.01. The monoisotopic (exact) mass is 470 g/mol. The van der Waals surface area contributed by atoms with Gasteiger partial charge in [0, 0.05) is 39.3 Å². The van der Waals surface area contributed by atoms with Crippen LogP contribution in [0.3, 0.4) is 0 Å². The topological polar surface area (TPSA) is 55.9 Å². The summed E-state index contributed by atoms with van der Waals surface area (Å²) in [5.74, 6) is -0.780. The zero-order valence-corrected chi connectivity index (χ0v) is 19.8. The molecule has 0 radical (unpaired) electrons. The molecule has 2 aromatic rings. The van der Waals surface area contributed by atoms with Crippen molar-refractivity contribution in [1.82, 2.24) is 15.1 Å². The van der Waals surface area contributed by atoms with Crippen molar-refractivity contribution in [3.05, 3.63) is 65.2 Å². The van der Waals surface area contributed by atoms with Crippen molar-refractivity contribution in [3.8, 4) is 0 Å². The van der Waals surface area contributed by atoms with Gasteiger partial charge in [-0.05, 0) is 56.0 Å². The van der Waals surface area contributed by atoms with Crippen LogP contribution in [0.25, 0.3) is 0 Å². The van der Waals surface area contributed by atoms with E-state index >= 15 is 0 Å². The van der Waals surface area contributed by atoms with Crippen molar-refractivity contribution in [1.29, 1.82) is 0 Å². The molecule has 0 saturated carbocycles. The second-order valence-corrected chi connectivity index (χ2v) is 9.05. The molecule has 1 N–H and O–H groups in total. The maximum atomic E-state index is 14.1. The number of rotatable bonds is 4. The number of piperazine rings is 1. The predicted molar refractivity (Wildman–Crippen MR) is 128 cm³/mol. The Bertz CT molecular complexity index is 1040. The molecule has 2 fully saturated rings. The van der Waals surface area contributed by atoms with Gasteiger partial charge in [0.15, 0.2) is 0 Å². The van der Waals surface area contributed by atoms with E-state index in [0.29, 0.717) is 63.4 Å². The Hall–Kier alpha value is -3.16. The molecule has 6 nitrogen and oxygen atoms in total. The number of benzene rings is 2. The fourth-order valence-corrected chi connectivity index (χ4v) is 5.01. The van der Waals surface area contributed by atoms with Gasteiger partial charge >= 0.3 is 6.03 Å². The smallest absolute Gasteiger partial charge is 0.317 e. The zero-order valence-electron chi connectivity index (χ0n) is 19.8. The van der Waals surface area contributed by atoms with E-state index in [4.69, 9.17) is 0 Å². The van der Waals surface area contributed by atoms with Crippen molar-refractivity contribution >= 4 is 17.6 Å². The van der Waals surface area contributed by atoms with E-state index < -0.39 is 0 Å². The number of nitrogens with zero attached hydrogens (tertiary/aromatic N) is 3. The molecule has 0 aliphatic carbocycles. The molecule has 2 saturated heterocycles. The Labute approximate surface area is 199 Å².